The van der Waals surface area contributed by atoms with E-state index in [1.807, 2.05) is 0 Å². The van der Waals surface area contributed by atoms with Gasteiger partial charge >= 0.3 is 13.6 Å². The van der Waals surface area contributed by atoms with Crippen molar-refractivity contribution in [1.82, 2.24) is 0 Å². The summed E-state index contributed by atoms with van der Waals surface area (Å²) in [5, 5.41) is 15.5. The third-order valence-corrected chi connectivity index (χ3v) is 3.37. The molecule has 14 heavy (non-hydrogen) atoms. The first-order valence-corrected chi connectivity index (χ1v) is 5.84. The van der Waals surface area contributed by atoms with Crippen LogP contribution in [0.3, 0.4) is 0 Å². The third-order valence-electron chi connectivity index (χ3n) is 1.91. The van der Waals surface area contributed by atoms with Crippen LogP contribution in [0.1, 0.15) is 32.6 Å². The molecule has 0 aliphatic rings. The standard InChI is InChI=1S/C7H15O6P/c1-2-3-4-7(10,5-6(8)9)14(11,12)13/h10H,2-5H2,1H3,(H,8,9)(H2,11,12,13). The van der Waals surface area contributed by atoms with Crippen molar-refractivity contribution in [2.24, 2.45) is 0 Å². The fourth-order valence-electron chi connectivity index (χ4n) is 1.04. The molecule has 1 atom stereocenters. The van der Waals surface area contributed by atoms with E-state index >= 15 is 0 Å². The van der Waals surface area contributed by atoms with Crippen LogP contribution in [0.15, 0.2) is 0 Å². The average Bonchev–Trinajstić information content (AvgIpc) is 1.97. The summed E-state index contributed by atoms with van der Waals surface area (Å²) in [5.74, 6) is -1.42. The molecule has 0 bridgehead atoms. The summed E-state index contributed by atoms with van der Waals surface area (Å²) in [7, 11) is -4.80. The summed E-state index contributed by atoms with van der Waals surface area (Å²) in [6, 6.07) is 0. The lowest BCUT2D eigenvalue weighted by molar-refractivity contribution is -0.140. The van der Waals surface area contributed by atoms with Crippen molar-refractivity contribution in [3.8, 4) is 0 Å². The predicted molar refractivity (Wildman–Crippen MR) is 48.8 cm³/mol. The van der Waals surface area contributed by atoms with Crippen LogP contribution in [-0.2, 0) is 9.36 Å². The number of aliphatic hydroxyl groups is 1. The number of carbonyl (C=O) groups is 1. The molecule has 0 aromatic rings. The molecule has 0 amide bonds. The van der Waals surface area contributed by atoms with Crippen LogP contribution in [0.25, 0.3) is 0 Å². The van der Waals surface area contributed by atoms with Crippen molar-refractivity contribution in [2.75, 3.05) is 0 Å². The predicted octanol–water partition coefficient (Wildman–Crippen LogP) is 0.518. The summed E-state index contributed by atoms with van der Waals surface area (Å²) < 4.78 is 10.9. The Kier molecular flexibility index (Phi) is 4.74. The van der Waals surface area contributed by atoms with E-state index in [9.17, 15) is 14.5 Å². The van der Waals surface area contributed by atoms with Crippen molar-refractivity contribution in [3.63, 3.8) is 0 Å². The highest BCUT2D eigenvalue weighted by Crippen LogP contribution is 2.53. The Hall–Kier alpha value is -0.420. The average molecular weight is 226 g/mol. The highest BCUT2D eigenvalue weighted by Gasteiger charge is 2.46. The van der Waals surface area contributed by atoms with Gasteiger partial charge < -0.3 is 20.0 Å². The minimum absolute atomic E-state index is 0.208. The molecule has 0 aromatic carbocycles. The number of aliphatic carboxylic acids is 1. The highest BCUT2D eigenvalue weighted by molar-refractivity contribution is 7.53. The molecule has 0 spiro atoms. The largest absolute Gasteiger partial charge is 0.481 e. The second-order valence-electron chi connectivity index (χ2n) is 3.20. The molecule has 0 saturated heterocycles. The quantitative estimate of drug-likeness (QED) is 0.491. The van der Waals surface area contributed by atoms with Gasteiger partial charge in [0.2, 0.25) is 0 Å². The molecule has 4 N–H and O–H groups in total. The van der Waals surface area contributed by atoms with Gasteiger partial charge in [0.1, 0.15) is 0 Å². The Labute approximate surface area is 81.7 Å². The molecule has 0 saturated carbocycles. The van der Waals surface area contributed by atoms with E-state index in [4.69, 9.17) is 14.9 Å². The van der Waals surface area contributed by atoms with Gasteiger partial charge in [0.05, 0.1) is 6.42 Å². The summed E-state index contributed by atoms with van der Waals surface area (Å²) >= 11 is 0. The van der Waals surface area contributed by atoms with Crippen LogP contribution in [0.4, 0.5) is 0 Å². The van der Waals surface area contributed by atoms with Crippen molar-refractivity contribution >= 4 is 13.6 Å². The number of unbranched alkanes of at least 4 members (excludes halogenated alkanes) is 1. The van der Waals surface area contributed by atoms with Gasteiger partial charge in [-0.05, 0) is 6.42 Å². The van der Waals surface area contributed by atoms with E-state index in [0.29, 0.717) is 12.8 Å². The molecule has 0 fully saturated rings. The van der Waals surface area contributed by atoms with Crippen molar-refractivity contribution in [1.29, 1.82) is 0 Å². The first-order valence-electron chi connectivity index (χ1n) is 4.23. The lowest BCUT2D eigenvalue weighted by Gasteiger charge is -2.26. The summed E-state index contributed by atoms with van der Waals surface area (Å²) in [5.41, 5.74) is 0. The van der Waals surface area contributed by atoms with Gasteiger partial charge in [-0.2, -0.15) is 0 Å². The number of hydrogen-bond donors (Lipinski definition) is 4. The smallest absolute Gasteiger partial charge is 0.357 e. The van der Waals surface area contributed by atoms with Crippen LogP contribution in [0, 0.1) is 0 Å². The van der Waals surface area contributed by atoms with Gasteiger partial charge in [0.15, 0.2) is 5.34 Å². The molecule has 0 aromatic heterocycles. The minimum atomic E-state index is -4.80. The van der Waals surface area contributed by atoms with Crippen LogP contribution >= 0.6 is 7.60 Å². The lowest BCUT2D eigenvalue weighted by atomic mass is 10.1. The second kappa shape index (κ2) is 4.89. The molecular weight excluding hydrogens is 211 g/mol. The minimum Gasteiger partial charge on any atom is -0.481 e. The zero-order chi connectivity index (χ0) is 11.4. The Morgan fingerprint density at radius 3 is 2.21 bits per heavy atom. The SMILES string of the molecule is CCCCC(O)(CC(=O)O)P(=O)(O)O. The van der Waals surface area contributed by atoms with E-state index in [0.717, 1.165) is 0 Å². The summed E-state index contributed by atoms with van der Waals surface area (Å²) in [6.07, 6.45) is -0.145. The second-order valence-corrected chi connectivity index (χ2v) is 5.12. The zero-order valence-electron chi connectivity index (χ0n) is 7.88. The van der Waals surface area contributed by atoms with Crippen molar-refractivity contribution in [3.05, 3.63) is 0 Å². The Morgan fingerprint density at radius 1 is 1.43 bits per heavy atom. The summed E-state index contributed by atoms with van der Waals surface area (Å²) in [6.45, 7) is 1.78. The molecule has 7 heteroatoms. The molecule has 0 radical (unpaired) electrons. The van der Waals surface area contributed by atoms with Gasteiger partial charge in [-0.15, -0.1) is 0 Å². The first kappa shape index (κ1) is 13.6. The monoisotopic (exact) mass is 226 g/mol. The maximum atomic E-state index is 10.9. The lowest BCUT2D eigenvalue weighted by Crippen LogP contribution is -2.31. The van der Waals surface area contributed by atoms with Crippen molar-refractivity contribution < 1.29 is 29.4 Å². The number of hydrogen-bond acceptors (Lipinski definition) is 3. The van der Waals surface area contributed by atoms with Gasteiger partial charge in [-0.25, -0.2) is 0 Å². The number of carboxylic acids is 1. The van der Waals surface area contributed by atoms with E-state index in [1.165, 1.54) is 0 Å². The molecule has 0 aliphatic carbocycles. The maximum absolute atomic E-state index is 10.9. The van der Waals surface area contributed by atoms with Gasteiger partial charge in [-0.1, -0.05) is 19.8 Å². The Bertz CT molecular complexity index is 247. The fourth-order valence-corrected chi connectivity index (χ4v) is 1.83. The van der Waals surface area contributed by atoms with E-state index in [1.54, 1.807) is 6.92 Å². The van der Waals surface area contributed by atoms with Crippen LogP contribution in [-0.4, -0.2) is 31.3 Å². The van der Waals surface area contributed by atoms with Crippen LogP contribution < -0.4 is 0 Å². The van der Waals surface area contributed by atoms with E-state index < -0.39 is 25.3 Å². The fraction of sp³-hybridized carbons (Fsp3) is 0.857. The molecule has 0 heterocycles. The van der Waals surface area contributed by atoms with Crippen molar-refractivity contribution in [2.45, 2.75) is 37.9 Å². The summed E-state index contributed by atoms with van der Waals surface area (Å²) in [4.78, 5) is 27.9. The molecule has 1 unspecified atom stereocenters. The topological polar surface area (TPSA) is 115 Å². The Morgan fingerprint density at radius 2 is 1.93 bits per heavy atom. The molecule has 84 valence electrons. The number of carboxylic acid groups (broad SMARTS) is 1. The molecule has 6 nitrogen and oxygen atoms in total. The van der Waals surface area contributed by atoms with Crippen LogP contribution in [0.2, 0.25) is 0 Å². The van der Waals surface area contributed by atoms with Gasteiger partial charge in [0.25, 0.3) is 0 Å². The van der Waals surface area contributed by atoms with E-state index in [2.05, 4.69) is 0 Å². The van der Waals surface area contributed by atoms with Gasteiger partial charge in [-0.3, -0.25) is 9.36 Å². The van der Waals surface area contributed by atoms with E-state index in [-0.39, 0.29) is 6.42 Å². The number of rotatable bonds is 6. The molecular formula is C7H15O6P. The normalized spacial score (nSPS) is 16.3. The molecule has 0 aliphatic heterocycles. The maximum Gasteiger partial charge on any atom is 0.357 e. The Balaban J connectivity index is 4.67. The third kappa shape index (κ3) is 3.75. The zero-order valence-corrected chi connectivity index (χ0v) is 8.78. The van der Waals surface area contributed by atoms with Crippen LogP contribution in [0.5, 0.6) is 0 Å². The first-order chi connectivity index (χ1) is 6.23. The highest BCUT2D eigenvalue weighted by atomic mass is 31.2. The van der Waals surface area contributed by atoms with Gasteiger partial charge in [0, 0.05) is 0 Å². The molecule has 0 rings (SSSR count).